The summed E-state index contributed by atoms with van der Waals surface area (Å²) >= 11 is 8.76. The maximum Gasteiger partial charge on any atom is 0.301 e. The van der Waals surface area contributed by atoms with Gasteiger partial charge in [0, 0.05) is 10.6 Å². The molecule has 6 nitrogen and oxygen atoms in total. The standard InChI is InChI=1S/C20H14ClN3O3S2/c1-28-20-23-22-19(29-20)24-15(12-8-5-9-13(21)10-12)14(17(26)18(24)27)16(25)11-6-3-2-4-7-11/h2-10,15,25H,1H3/b16-14-. The van der Waals surface area contributed by atoms with Crippen LogP contribution < -0.4 is 4.90 Å². The number of aliphatic hydroxyl groups is 1. The molecule has 0 aliphatic carbocycles. The van der Waals surface area contributed by atoms with E-state index in [0.717, 1.165) is 0 Å². The van der Waals surface area contributed by atoms with E-state index in [4.69, 9.17) is 11.6 Å². The number of rotatable bonds is 4. The number of nitrogens with zero attached hydrogens (tertiary/aromatic N) is 3. The smallest absolute Gasteiger partial charge is 0.301 e. The summed E-state index contributed by atoms with van der Waals surface area (Å²) in [5.41, 5.74) is 1.03. The predicted molar refractivity (Wildman–Crippen MR) is 114 cm³/mol. The Balaban J connectivity index is 1.94. The average Bonchev–Trinajstić information content (AvgIpc) is 3.31. The van der Waals surface area contributed by atoms with E-state index in [1.54, 1.807) is 54.6 Å². The molecule has 1 aliphatic heterocycles. The molecule has 2 aromatic carbocycles. The summed E-state index contributed by atoms with van der Waals surface area (Å²) in [5, 5.41) is 19.8. The number of aromatic nitrogens is 2. The van der Waals surface area contributed by atoms with E-state index in [2.05, 4.69) is 10.2 Å². The Hall–Kier alpha value is -2.68. The number of aliphatic hydroxyl groups excluding tert-OH is 1. The zero-order chi connectivity index (χ0) is 20.5. The Morgan fingerprint density at radius 3 is 2.55 bits per heavy atom. The minimum atomic E-state index is -0.864. The average molecular weight is 444 g/mol. The maximum absolute atomic E-state index is 13.0. The first-order valence-electron chi connectivity index (χ1n) is 8.50. The number of carbonyl (C=O) groups is 2. The molecule has 1 saturated heterocycles. The molecule has 1 N–H and O–H groups in total. The van der Waals surface area contributed by atoms with E-state index >= 15 is 0 Å². The fourth-order valence-corrected chi connectivity index (χ4v) is 4.64. The Labute approximate surface area is 179 Å². The van der Waals surface area contributed by atoms with E-state index in [0.29, 0.717) is 20.5 Å². The van der Waals surface area contributed by atoms with Gasteiger partial charge in [0.05, 0.1) is 11.6 Å². The van der Waals surface area contributed by atoms with Crippen LogP contribution in [0.2, 0.25) is 5.02 Å². The van der Waals surface area contributed by atoms with Crippen LogP contribution in [-0.4, -0.2) is 33.3 Å². The second kappa shape index (κ2) is 7.98. The van der Waals surface area contributed by atoms with Gasteiger partial charge in [-0.3, -0.25) is 14.5 Å². The molecule has 29 heavy (non-hydrogen) atoms. The fourth-order valence-electron chi connectivity index (χ4n) is 3.16. The molecular weight excluding hydrogens is 430 g/mol. The number of benzene rings is 2. The molecule has 1 amide bonds. The summed E-state index contributed by atoms with van der Waals surface area (Å²) in [6.07, 6.45) is 1.85. The quantitative estimate of drug-likeness (QED) is 0.209. The van der Waals surface area contributed by atoms with Crippen molar-refractivity contribution in [3.05, 3.63) is 76.3 Å². The molecule has 1 atom stereocenters. The summed E-state index contributed by atoms with van der Waals surface area (Å²) < 4.78 is 0.662. The van der Waals surface area contributed by atoms with Crippen LogP contribution in [0.1, 0.15) is 17.2 Å². The highest BCUT2D eigenvalue weighted by molar-refractivity contribution is 8.00. The number of halogens is 1. The van der Waals surface area contributed by atoms with Crippen LogP contribution in [0.3, 0.4) is 0 Å². The van der Waals surface area contributed by atoms with Crippen LogP contribution in [-0.2, 0) is 9.59 Å². The van der Waals surface area contributed by atoms with Crippen molar-refractivity contribution in [2.75, 3.05) is 11.2 Å². The lowest BCUT2D eigenvalue weighted by Crippen LogP contribution is -2.29. The molecule has 4 rings (SSSR count). The fraction of sp³-hybridized carbons (Fsp3) is 0.100. The minimum Gasteiger partial charge on any atom is -0.507 e. The molecule has 146 valence electrons. The third-order valence-corrected chi connectivity index (χ3v) is 6.57. The Morgan fingerprint density at radius 2 is 1.90 bits per heavy atom. The molecule has 0 radical (unpaired) electrons. The van der Waals surface area contributed by atoms with Crippen molar-refractivity contribution in [1.82, 2.24) is 10.2 Å². The monoisotopic (exact) mass is 443 g/mol. The highest BCUT2D eigenvalue weighted by Crippen LogP contribution is 2.43. The van der Waals surface area contributed by atoms with Crippen molar-refractivity contribution in [3.63, 3.8) is 0 Å². The van der Waals surface area contributed by atoms with Crippen LogP contribution in [0.25, 0.3) is 5.76 Å². The molecule has 1 aromatic heterocycles. The number of hydrogen-bond acceptors (Lipinski definition) is 7. The molecule has 0 saturated carbocycles. The molecular formula is C20H14ClN3O3S2. The van der Waals surface area contributed by atoms with Gasteiger partial charge < -0.3 is 5.11 Å². The van der Waals surface area contributed by atoms with Gasteiger partial charge >= 0.3 is 5.91 Å². The zero-order valence-corrected chi connectivity index (χ0v) is 17.5. The summed E-state index contributed by atoms with van der Waals surface area (Å²) in [6.45, 7) is 0. The number of Topliss-reactive ketones (excluding diaryl/α,β-unsaturated/α-hetero) is 1. The van der Waals surface area contributed by atoms with Crippen molar-refractivity contribution in [2.45, 2.75) is 10.4 Å². The van der Waals surface area contributed by atoms with Gasteiger partial charge in [0.25, 0.3) is 5.78 Å². The lowest BCUT2D eigenvalue weighted by Gasteiger charge is -2.22. The normalized spacial score (nSPS) is 18.4. The summed E-state index contributed by atoms with van der Waals surface area (Å²) in [4.78, 5) is 27.2. The topological polar surface area (TPSA) is 83.4 Å². The van der Waals surface area contributed by atoms with Gasteiger partial charge in [-0.25, -0.2) is 0 Å². The Kier molecular flexibility index (Phi) is 5.40. The van der Waals surface area contributed by atoms with Gasteiger partial charge in [-0.1, -0.05) is 77.2 Å². The third-order valence-electron chi connectivity index (χ3n) is 4.43. The highest BCUT2D eigenvalue weighted by Gasteiger charge is 2.48. The second-order valence-corrected chi connectivity index (χ2v) is 8.59. The summed E-state index contributed by atoms with van der Waals surface area (Å²) in [7, 11) is 0. The Morgan fingerprint density at radius 1 is 1.14 bits per heavy atom. The first-order valence-corrected chi connectivity index (χ1v) is 10.9. The largest absolute Gasteiger partial charge is 0.507 e. The van der Waals surface area contributed by atoms with E-state index in [-0.39, 0.29) is 16.5 Å². The number of thioether (sulfide) groups is 1. The first kappa shape index (κ1) is 19.6. The number of carbonyl (C=O) groups excluding carboxylic acids is 2. The van der Waals surface area contributed by atoms with E-state index in [9.17, 15) is 14.7 Å². The van der Waals surface area contributed by atoms with E-state index in [1.165, 1.54) is 28.0 Å². The van der Waals surface area contributed by atoms with E-state index < -0.39 is 17.7 Å². The maximum atomic E-state index is 13.0. The molecule has 1 fully saturated rings. The van der Waals surface area contributed by atoms with Crippen LogP contribution in [0, 0.1) is 0 Å². The minimum absolute atomic E-state index is 0.00984. The van der Waals surface area contributed by atoms with Crippen LogP contribution in [0.5, 0.6) is 0 Å². The van der Waals surface area contributed by atoms with Crippen molar-refractivity contribution in [1.29, 1.82) is 0 Å². The van der Waals surface area contributed by atoms with Gasteiger partial charge in [0.1, 0.15) is 5.76 Å². The molecule has 9 heteroatoms. The summed E-state index contributed by atoms with van der Waals surface area (Å²) in [6, 6.07) is 14.6. The van der Waals surface area contributed by atoms with Crippen molar-refractivity contribution < 1.29 is 14.7 Å². The number of amides is 1. The first-order chi connectivity index (χ1) is 14.0. The molecule has 1 unspecified atom stereocenters. The van der Waals surface area contributed by atoms with Gasteiger partial charge in [0.2, 0.25) is 5.13 Å². The molecule has 3 aromatic rings. The lowest BCUT2D eigenvalue weighted by atomic mass is 9.95. The summed E-state index contributed by atoms with van der Waals surface area (Å²) in [5.74, 6) is -1.79. The zero-order valence-electron chi connectivity index (χ0n) is 15.1. The van der Waals surface area contributed by atoms with Crippen LogP contribution in [0.4, 0.5) is 5.13 Å². The highest BCUT2D eigenvalue weighted by atomic mass is 35.5. The molecule has 1 aliphatic rings. The lowest BCUT2D eigenvalue weighted by molar-refractivity contribution is -0.132. The van der Waals surface area contributed by atoms with Gasteiger partial charge in [-0.15, -0.1) is 10.2 Å². The Bertz CT molecular complexity index is 1130. The van der Waals surface area contributed by atoms with Crippen molar-refractivity contribution >= 4 is 57.3 Å². The molecule has 2 heterocycles. The molecule has 0 spiro atoms. The van der Waals surface area contributed by atoms with Crippen molar-refractivity contribution in [2.24, 2.45) is 0 Å². The number of anilines is 1. The SMILES string of the molecule is CSc1nnc(N2C(=O)C(=O)/C(=C(\O)c3ccccc3)C2c2cccc(Cl)c2)s1. The number of ketones is 1. The third kappa shape index (κ3) is 3.55. The van der Waals surface area contributed by atoms with E-state index in [1.807, 2.05) is 6.26 Å². The van der Waals surface area contributed by atoms with Gasteiger partial charge in [-0.2, -0.15) is 0 Å². The van der Waals surface area contributed by atoms with Gasteiger partial charge in [-0.05, 0) is 24.0 Å². The predicted octanol–water partition coefficient (Wildman–Crippen LogP) is 4.54. The molecule has 0 bridgehead atoms. The van der Waals surface area contributed by atoms with Crippen LogP contribution in [0.15, 0.2) is 64.5 Å². The van der Waals surface area contributed by atoms with Crippen molar-refractivity contribution in [3.8, 4) is 0 Å². The second-order valence-electron chi connectivity index (χ2n) is 6.14. The number of hydrogen-bond donors (Lipinski definition) is 1. The van der Waals surface area contributed by atoms with Crippen LogP contribution >= 0.6 is 34.7 Å². The van der Waals surface area contributed by atoms with Gasteiger partial charge in [0.15, 0.2) is 4.34 Å².